The summed E-state index contributed by atoms with van der Waals surface area (Å²) in [6.45, 7) is -1.09. The Morgan fingerprint density at radius 3 is 2.25 bits per heavy atom. The highest BCUT2D eigenvalue weighted by Gasteiger charge is 2.35. The van der Waals surface area contributed by atoms with E-state index in [2.05, 4.69) is 14.7 Å². The second-order valence-electron chi connectivity index (χ2n) is 2.60. The molecule has 0 saturated heterocycles. The molecule has 0 fully saturated rings. The number of aromatic nitrogens is 2. The third kappa shape index (κ3) is 4.01. The molecule has 3 nitrogen and oxygen atoms in total. The van der Waals surface area contributed by atoms with Gasteiger partial charge in [0.25, 0.3) is 0 Å². The molecular weight excluding hydrogens is 242 g/mol. The van der Waals surface area contributed by atoms with Crippen LogP contribution < -0.4 is 0 Å². The molecule has 0 amide bonds. The average Bonchev–Trinajstić information content (AvgIpc) is 2.13. The summed E-state index contributed by atoms with van der Waals surface area (Å²) in [6, 6.07) is 0.904. The summed E-state index contributed by atoms with van der Waals surface area (Å²) < 4.78 is 74.3. The van der Waals surface area contributed by atoms with E-state index in [1.54, 1.807) is 0 Å². The van der Waals surface area contributed by atoms with Crippen molar-refractivity contribution in [3.05, 3.63) is 23.8 Å². The Kier molecular flexibility index (Phi) is 3.36. The Morgan fingerprint density at radius 2 is 1.75 bits per heavy atom. The highest BCUT2D eigenvalue weighted by molar-refractivity contribution is 5.03. The summed E-state index contributed by atoms with van der Waals surface area (Å²) in [7, 11) is 0. The monoisotopic (exact) mass is 246 g/mol. The highest BCUT2D eigenvalue weighted by atomic mass is 19.4. The molecule has 0 aliphatic rings. The van der Waals surface area contributed by atoms with E-state index in [1.807, 2.05) is 0 Å². The molecule has 16 heavy (non-hydrogen) atoms. The molecule has 1 aromatic rings. The van der Waals surface area contributed by atoms with Crippen LogP contribution in [0.5, 0.6) is 0 Å². The number of alkyl halides is 6. The second kappa shape index (κ2) is 4.24. The van der Waals surface area contributed by atoms with E-state index in [1.165, 1.54) is 0 Å². The lowest BCUT2D eigenvalue weighted by atomic mass is 10.4. The van der Waals surface area contributed by atoms with E-state index in [0.29, 0.717) is 6.20 Å². The molecule has 0 aromatic carbocycles. The normalized spacial score (nSPS) is 12.9. The maximum absolute atomic E-state index is 12.1. The van der Waals surface area contributed by atoms with E-state index in [0.717, 1.165) is 6.07 Å². The van der Waals surface area contributed by atoms with Gasteiger partial charge in [0.15, 0.2) is 0 Å². The van der Waals surface area contributed by atoms with Gasteiger partial charge in [-0.25, -0.2) is 9.97 Å². The molecule has 0 bridgehead atoms. The number of rotatable bonds is 2. The van der Waals surface area contributed by atoms with Gasteiger partial charge in [-0.3, -0.25) is 4.74 Å². The van der Waals surface area contributed by atoms with Gasteiger partial charge in [0, 0.05) is 6.20 Å². The summed E-state index contributed by atoms with van der Waals surface area (Å²) in [5, 5.41) is 0. The van der Waals surface area contributed by atoms with Crippen molar-refractivity contribution >= 4 is 0 Å². The van der Waals surface area contributed by atoms with Crippen LogP contribution in [0.3, 0.4) is 0 Å². The van der Waals surface area contributed by atoms with Gasteiger partial charge in [-0.2, -0.15) is 13.2 Å². The van der Waals surface area contributed by atoms with Gasteiger partial charge in [0.05, 0.1) is 12.3 Å². The van der Waals surface area contributed by atoms with Crippen molar-refractivity contribution in [3.63, 3.8) is 0 Å². The smallest absolute Gasteiger partial charge is 0.285 e. The molecule has 1 rings (SSSR count). The van der Waals surface area contributed by atoms with Gasteiger partial charge < -0.3 is 0 Å². The van der Waals surface area contributed by atoms with Crippen molar-refractivity contribution in [2.75, 3.05) is 0 Å². The van der Waals surface area contributed by atoms with Gasteiger partial charge >= 0.3 is 12.5 Å². The van der Waals surface area contributed by atoms with Crippen molar-refractivity contribution in [2.24, 2.45) is 0 Å². The van der Waals surface area contributed by atoms with Crippen LogP contribution in [0.15, 0.2) is 12.3 Å². The minimum absolute atomic E-state index is 0.500. The largest absolute Gasteiger partial charge is 0.522 e. The van der Waals surface area contributed by atoms with Crippen LogP contribution in [-0.2, 0) is 17.5 Å². The first-order chi connectivity index (χ1) is 7.18. The minimum Gasteiger partial charge on any atom is -0.285 e. The summed E-state index contributed by atoms with van der Waals surface area (Å²) >= 11 is 0. The molecule has 9 heteroatoms. The molecule has 0 N–H and O–H groups in total. The first-order valence-corrected chi connectivity index (χ1v) is 3.78. The second-order valence-corrected chi connectivity index (χ2v) is 2.60. The zero-order chi connectivity index (χ0) is 12.4. The molecule has 0 aliphatic heterocycles. The van der Waals surface area contributed by atoms with Crippen molar-refractivity contribution in [1.82, 2.24) is 9.97 Å². The van der Waals surface area contributed by atoms with Crippen molar-refractivity contribution in [3.8, 4) is 0 Å². The minimum atomic E-state index is -4.91. The van der Waals surface area contributed by atoms with E-state index >= 15 is 0 Å². The van der Waals surface area contributed by atoms with Crippen LogP contribution in [0, 0.1) is 0 Å². The molecule has 0 saturated carbocycles. The van der Waals surface area contributed by atoms with Crippen LogP contribution in [0.1, 0.15) is 11.5 Å². The molecule has 0 unspecified atom stereocenters. The number of ether oxygens (including phenoxy) is 1. The Bertz CT molecular complexity index is 361. The number of hydrogen-bond donors (Lipinski definition) is 0. The highest BCUT2D eigenvalue weighted by Crippen LogP contribution is 2.26. The fourth-order valence-electron chi connectivity index (χ4n) is 0.769. The van der Waals surface area contributed by atoms with Crippen LogP contribution in [0.25, 0.3) is 0 Å². The van der Waals surface area contributed by atoms with Crippen molar-refractivity contribution in [1.29, 1.82) is 0 Å². The Balaban J connectivity index is 2.76. The quantitative estimate of drug-likeness (QED) is 0.752. The van der Waals surface area contributed by atoms with Crippen LogP contribution in [0.2, 0.25) is 0 Å². The molecule has 0 spiro atoms. The maximum Gasteiger partial charge on any atom is 0.522 e. The van der Waals surface area contributed by atoms with Gasteiger partial charge in [-0.05, 0) is 6.07 Å². The predicted molar refractivity (Wildman–Crippen MR) is 37.9 cm³/mol. The van der Waals surface area contributed by atoms with Crippen LogP contribution in [-0.4, -0.2) is 16.3 Å². The van der Waals surface area contributed by atoms with Crippen molar-refractivity contribution < 1.29 is 31.1 Å². The summed E-state index contributed by atoms with van der Waals surface area (Å²) in [5.41, 5.74) is -0.500. The van der Waals surface area contributed by atoms with Gasteiger partial charge in [-0.15, -0.1) is 13.2 Å². The molecule has 90 valence electrons. The van der Waals surface area contributed by atoms with Gasteiger partial charge in [0.2, 0.25) is 5.82 Å². The molecule has 0 aliphatic carbocycles. The maximum atomic E-state index is 12.1. The third-order valence-corrected chi connectivity index (χ3v) is 1.35. The van der Waals surface area contributed by atoms with Crippen molar-refractivity contribution in [2.45, 2.75) is 19.1 Å². The Morgan fingerprint density at radius 1 is 1.12 bits per heavy atom. The Hall–Kier alpha value is -1.38. The van der Waals surface area contributed by atoms with E-state index in [-0.39, 0.29) is 0 Å². The molecule has 0 radical (unpaired) electrons. The lowest BCUT2D eigenvalue weighted by Crippen LogP contribution is -2.16. The Labute approximate surface area is 85.1 Å². The summed E-state index contributed by atoms with van der Waals surface area (Å²) in [6.07, 6.45) is -9.00. The average molecular weight is 246 g/mol. The van der Waals surface area contributed by atoms with E-state index in [9.17, 15) is 26.3 Å². The zero-order valence-electron chi connectivity index (χ0n) is 7.43. The third-order valence-electron chi connectivity index (χ3n) is 1.35. The molecular formula is C7H4F6N2O. The molecule has 1 aromatic heterocycles. The van der Waals surface area contributed by atoms with Gasteiger partial charge in [0.1, 0.15) is 0 Å². The number of hydrogen-bond acceptors (Lipinski definition) is 3. The summed E-state index contributed by atoms with van der Waals surface area (Å²) in [4.78, 5) is 5.77. The zero-order valence-corrected chi connectivity index (χ0v) is 7.43. The lowest BCUT2D eigenvalue weighted by Gasteiger charge is -2.08. The fraction of sp³-hybridized carbons (Fsp3) is 0.429. The van der Waals surface area contributed by atoms with Gasteiger partial charge in [-0.1, -0.05) is 0 Å². The predicted octanol–water partition coefficient (Wildman–Crippen LogP) is 2.53. The number of nitrogens with zero attached hydrogens (tertiary/aromatic N) is 2. The standard InChI is InChI=1S/C7H4F6N2O/c8-6(9,10)5-14-2-1-4(15-5)3-16-7(11,12)13/h1-2H,3H2. The SMILES string of the molecule is FC(F)(F)OCc1ccnc(C(F)(F)F)n1. The lowest BCUT2D eigenvalue weighted by molar-refractivity contribution is -0.330. The van der Waals surface area contributed by atoms with E-state index < -0.39 is 30.7 Å². The first-order valence-electron chi connectivity index (χ1n) is 3.78. The number of halogens is 6. The first kappa shape index (κ1) is 12.7. The van der Waals surface area contributed by atoms with E-state index in [4.69, 9.17) is 0 Å². The van der Waals surface area contributed by atoms with Crippen LogP contribution >= 0.6 is 0 Å². The summed E-state index contributed by atoms with van der Waals surface area (Å²) in [5.74, 6) is -1.50. The molecule has 1 heterocycles. The topological polar surface area (TPSA) is 35.0 Å². The molecule has 0 atom stereocenters. The van der Waals surface area contributed by atoms with Crippen LogP contribution in [0.4, 0.5) is 26.3 Å². The fourth-order valence-corrected chi connectivity index (χ4v) is 0.769.